The second kappa shape index (κ2) is 8.86. The molecule has 0 aromatic heterocycles. The van der Waals surface area contributed by atoms with E-state index in [1.165, 1.54) is 0 Å². The standard InChI is InChI=1S/C20H25ClN2O/c1-14(2)11-17(22-3)13-23-20(24)19-10-5-4-9-18(19)15-7-6-8-16(21)12-15/h4-10,12,14,17,22H,11,13H2,1-3H3,(H,23,24). The predicted molar refractivity (Wildman–Crippen MR) is 102 cm³/mol. The molecule has 128 valence electrons. The van der Waals surface area contributed by atoms with Gasteiger partial charge < -0.3 is 10.6 Å². The van der Waals surface area contributed by atoms with Crippen molar-refractivity contribution in [3.63, 3.8) is 0 Å². The van der Waals surface area contributed by atoms with E-state index in [4.69, 9.17) is 11.6 Å². The quantitative estimate of drug-likeness (QED) is 0.783. The molecule has 4 heteroatoms. The van der Waals surface area contributed by atoms with Gasteiger partial charge in [-0.2, -0.15) is 0 Å². The molecule has 0 fully saturated rings. The molecule has 0 aliphatic rings. The summed E-state index contributed by atoms with van der Waals surface area (Å²) in [6, 6.07) is 15.5. The summed E-state index contributed by atoms with van der Waals surface area (Å²) in [6.45, 7) is 4.97. The van der Waals surface area contributed by atoms with Crippen LogP contribution in [0, 0.1) is 5.92 Å². The highest BCUT2D eigenvalue weighted by molar-refractivity contribution is 6.30. The fourth-order valence-corrected chi connectivity index (χ4v) is 2.96. The minimum atomic E-state index is -0.0606. The number of likely N-dealkylation sites (N-methyl/N-ethyl adjacent to an activating group) is 1. The van der Waals surface area contributed by atoms with Crippen LogP contribution in [0.5, 0.6) is 0 Å². The van der Waals surface area contributed by atoms with Crippen molar-refractivity contribution in [2.45, 2.75) is 26.3 Å². The maximum Gasteiger partial charge on any atom is 0.251 e. The lowest BCUT2D eigenvalue weighted by Gasteiger charge is -2.19. The molecular formula is C20H25ClN2O. The molecule has 0 bridgehead atoms. The van der Waals surface area contributed by atoms with Gasteiger partial charge in [0.05, 0.1) is 0 Å². The molecule has 0 saturated carbocycles. The van der Waals surface area contributed by atoms with Crippen molar-refractivity contribution in [2.24, 2.45) is 5.92 Å². The van der Waals surface area contributed by atoms with E-state index in [9.17, 15) is 4.79 Å². The van der Waals surface area contributed by atoms with E-state index < -0.39 is 0 Å². The molecule has 24 heavy (non-hydrogen) atoms. The Kier molecular flexibility index (Phi) is 6.83. The molecule has 0 spiro atoms. The van der Waals surface area contributed by atoms with E-state index >= 15 is 0 Å². The summed E-state index contributed by atoms with van der Waals surface area (Å²) < 4.78 is 0. The van der Waals surface area contributed by atoms with E-state index in [-0.39, 0.29) is 11.9 Å². The summed E-state index contributed by atoms with van der Waals surface area (Å²) in [7, 11) is 1.93. The van der Waals surface area contributed by atoms with Crippen LogP contribution in [0.15, 0.2) is 48.5 Å². The van der Waals surface area contributed by atoms with Crippen LogP contribution in [0.1, 0.15) is 30.6 Å². The van der Waals surface area contributed by atoms with Crippen LogP contribution in [0.3, 0.4) is 0 Å². The fraction of sp³-hybridized carbons (Fsp3) is 0.350. The first kappa shape index (κ1) is 18.5. The van der Waals surface area contributed by atoms with Gasteiger partial charge in [0.2, 0.25) is 0 Å². The van der Waals surface area contributed by atoms with Crippen LogP contribution in [0.25, 0.3) is 11.1 Å². The highest BCUT2D eigenvalue weighted by Crippen LogP contribution is 2.26. The largest absolute Gasteiger partial charge is 0.350 e. The summed E-state index contributed by atoms with van der Waals surface area (Å²) in [5.74, 6) is 0.521. The number of hydrogen-bond donors (Lipinski definition) is 2. The Hall–Kier alpha value is -1.84. The van der Waals surface area contributed by atoms with Crippen LogP contribution in [-0.4, -0.2) is 25.5 Å². The Balaban J connectivity index is 2.15. The van der Waals surface area contributed by atoms with E-state index in [0.29, 0.717) is 23.0 Å². The zero-order chi connectivity index (χ0) is 17.5. The van der Waals surface area contributed by atoms with Crippen LogP contribution in [0.4, 0.5) is 0 Å². The van der Waals surface area contributed by atoms with Crippen molar-refractivity contribution in [1.82, 2.24) is 10.6 Å². The molecule has 0 saturated heterocycles. The molecule has 1 unspecified atom stereocenters. The Labute approximate surface area is 149 Å². The van der Waals surface area contributed by atoms with Gasteiger partial charge in [-0.25, -0.2) is 0 Å². The summed E-state index contributed by atoms with van der Waals surface area (Å²) in [5.41, 5.74) is 2.50. The minimum absolute atomic E-state index is 0.0606. The zero-order valence-electron chi connectivity index (χ0n) is 14.5. The van der Waals surface area contributed by atoms with E-state index in [1.54, 1.807) is 0 Å². The highest BCUT2D eigenvalue weighted by atomic mass is 35.5. The first-order valence-electron chi connectivity index (χ1n) is 8.31. The minimum Gasteiger partial charge on any atom is -0.350 e. The maximum atomic E-state index is 12.7. The average molecular weight is 345 g/mol. The monoisotopic (exact) mass is 344 g/mol. The molecule has 0 aliphatic carbocycles. The van der Waals surface area contributed by atoms with Gasteiger partial charge in [0.1, 0.15) is 0 Å². The number of carbonyl (C=O) groups is 1. The molecule has 0 radical (unpaired) electrons. The van der Waals surface area contributed by atoms with Crippen molar-refractivity contribution < 1.29 is 4.79 Å². The Morgan fingerprint density at radius 2 is 1.88 bits per heavy atom. The SMILES string of the molecule is CNC(CNC(=O)c1ccccc1-c1cccc(Cl)c1)CC(C)C. The van der Waals surface area contributed by atoms with Crippen LogP contribution < -0.4 is 10.6 Å². The molecule has 1 atom stereocenters. The number of carbonyl (C=O) groups excluding carboxylic acids is 1. The zero-order valence-corrected chi connectivity index (χ0v) is 15.2. The van der Waals surface area contributed by atoms with E-state index in [1.807, 2.05) is 55.6 Å². The number of benzene rings is 2. The summed E-state index contributed by atoms with van der Waals surface area (Å²) in [4.78, 5) is 12.7. The topological polar surface area (TPSA) is 41.1 Å². The summed E-state index contributed by atoms with van der Waals surface area (Å²) in [5, 5.41) is 6.97. The van der Waals surface area contributed by atoms with E-state index in [2.05, 4.69) is 24.5 Å². The molecule has 1 amide bonds. The number of nitrogens with one attached hydrogen (secondary N) is 2. The Bertz CT molecular complexity index is 685. The molecule has 2 aromatic rings. The van der Waals surface area contributed by atoms with Gasteiger partial charge in [-0.05, 0) is 48.7 Å². The first-order valence-corrected chi connectivity index (χ1v) is 8.69. The van der Waals surface area contributed by atoms with Crippen LogP contribution in [0.2, 0.25) is 5.02 Å². The molecular weight excluding hydrogens is 320 g/mol. The van der Waals surface area contributed by atoms with Gasteiger partial charge in [0.15, 0.2) is 0 Å². The highest BCUT2D eigenvalue weighted by Gasteiger charge is 2.15. The van der Waals surface area contributed by atoms with Gasteiger partial charge >= 0.3 is 0 Å². The van der Waals surface area contributed by atoms with E-state index in [0.717, 1.165) is 17.5 Å². The molecule has 2 aromatic carbocycles. The summed E-state index contributed by atoms with van der Waals surface area (Å²) in [6.07, 6.45) is 1.02. The van der Waals surface area contributed by atoms with Gasteiger partial charge in [0.25, 0.3) is 5.91 Å². The lowest BCUT2D eigenvalue weighted by atomic mass is 9.99. The van der Waals surface area contributed by atoms with Crippen molar-refractivity contribution in [1.29, 1.82) is 0 Å². The van der Waals surface area contributed by atoms with Gasteiger partial charge in [0, 0.05) is 23.2 Å². The predicted octanol–water partition coefficient (Wildman–Crippen LogP) is 4.37. The molecule has 0 aliphatic heterocycles. The smallest absolute Gasteiger partial charge is 0.251 e. The second-order valence-electron chi connectivity index (χ2n) is 6.38. The number of rotatable bonds is 7. The molecule has 2 N–H and O–H groups in total. The van der Waals surface area contributed by atoms with Gasteiger partial charge in [-0.3, -0.25) is 4.79 Å². The maximum absolute atomic E-state index is 12.7. The normalized spacial score (nSPS) is 12.2. The van der Waals surface area contributed by atoms with Gasteiger partial charge in [-0.1, -0.05) is 55.8 Å². The van der Waals surface area contributed by atoms with Crippen molar-refractivity contribution in [3.8, 4) is 11.1 Å². The van der Waals surface area contributed by atoms with Crippen LogP contribution >= 0.6 is 11.6 Å². The lowest BCUT2D eigenvalue weighted by molar-refractivity contribution is 0.0949. The van der Waals surface area contributed by atoms with Gasteiger partial charge in [-0.15, -0.1) is 0 Å². The van der Waals surface area contributed by atoms with Crippen molar-refractivity contribution in [2.75, 3.05) is 13.6 Å². The first-order chi connectivity index (χ1) is 11.5. The Morgan fingerprint density at radius 3 is 2.54 bits per heavy atom. The number of hydrogen-bond acceptors (Lipinski definition) is 2. The Morgan fingerprint density at radius 1 is 1.12 bits per heavy atom. The second-order valence-corrected chi connectivity index (χ2v) is 6.82. The third kappa shape index (κ3) is 5.08. The number of halogens is 1. The number of amides is 1. The van der Waals surface area contributed by atoms with Crippen molar-refractivity contribution in [3.05, 3.63) is 59.1 Å². The average Bonchev–Trinajstić information content (AvgIpc) is 2.58. The van der Waals surface area contributed by atoms with Crippen molar-refractivity contribution >= 4 is 17.5 Å². The summed E-state index contributed by atoms with van der Waals surface area (Å²) >= 11 is 6.09. The molecule has 2 rings (SSSR count). The third-order valence-corrected chi connectivity index (χ3v) is 4.22. The third-order valence-electron chi connectivity index (χ3n) is 3.98. The van der Waals surface area contributed by atoms with Crippen LogP contribution in [-0.2, 0) is 0 Å². The molecule has 3 nitrogen and oxygen atoms in total. The molecule has 0 heterocycles. The lowest BCUT2D eigenvalue weighted by Crippen LogP contribution is -2.40. The fourth-order valence-electron chi connectivity index (χ4n) is 2.77.